The number of furan rings is 1. The number of aromatic nitrogens is 1. The Kier molecular flexibility index (Phi) is 3.53. The van der Waals surface area contributed by atoms with Crippen LogP contribution in [0.3, 0.4) is 0 Å². The molecule has 0 aliphatic carbocycles. The number of aryl methyl sites for hydroxylation is 1. The zero-order chi connectivity index (χ0) is 14.0. The SMILES string of the molecule is Cc1occc1Sc1nc(C(F)(F)F)ccc1C#N. The summed E-state index contributed by atoms with van der Waals surface area (Å²) in [6.45, 7) is 1.68. The molecule has 0 amide bonds. The lowest BCUT2D eigenvalue weighted by atomic mass is 10.2. The summed E-state index contributed by atoms with van der Waals surface area (Å²) in [6.07, 6.45) is -3.11. The number of rotatable bonds is 2. The first kappa shape index (κ1) is 13.5. The Morgan fingerprint density at radius 2 is 2.05 bits per heavy atom. The molecule has 0 aliphatic heterocycles. The highest BCUT2D eigenvalue weighted by Gasteiger charge is 2.33. The van der Waals surface area contributed by atoms with E-state index in [1.807, 2.05) is 6.07 Å². The number of halogens is 3. The molecule has 0 saturated heterocycles. The smallest absolute Gasteiger partial charge is 0.433 e. The van der Waals surface area contributed by atoms with E-state index in [9.17, 15) is 13.2 Å². The summed E-state index contributed by atoms with van der Waals surface area (Å²) in [4.78, 5) is 4.13. The van der Waals surface area contributed by atoms with E-state index in [2.05, 4.69) is 4.98 Å². The van der Waals surface area contributed by atoms with Crippen LogP contribution in [0, 0.1) is 18.3 Å². The van der Waals surface area contributed by atoms with E-state index < -0.39 is 11.9 Å². The van der Waals surface area contributed by atoms with E-state index in [1.165, 1.54) is 6.26 Å². The quantitative estimate of drug-likeness (QED) is 0.835. The minimum absolute atomic E-state index is 0.0156. The Bertz CT molecular complexity index is 643. The molecule has 0 bridgehead atoms. The van der Waals surface area contributed by atoms with E-state index in [0.29, 0.717) is 10.7 Å². The van der Waals surface area contributed by atoms with E-state index in [0.717, 1.165) is 23.9 Å². The fourth-order valence-electron chi connectivity index (χ4n) is 1.34. The molecule has 0 spiro atoms. The minimum atomic E-state index is -4.53. The summed E-state index contributed by atoms with van der Waals surface area (Å²) in [7, 11) is 0. The molecule has 0 radical (unpaired) electrons. The lowest BCUT2D eigenvalue weighted by molar-refractivity contribution is -0.141. The molecule has 0 aromatic carbocycles. The highest BCUT2D eigenvalue weighted by Crippen LogP contribution is 2.35. The molecule has 2 aromatic heterocycles. The second-order valence-electron chi connectivity index (χ2n) is 3.60. The fraction of sp³-hybridized carbons (Fsp3) is 0.167. The highest BCUT2D eigenvalue weighted by atomic mass is 32.2. The number of hydrogen-bond donors (Lipinski definition) is 0. The van der Waals surface area contributed by atoms with E-state index in [4.69, 9.17) is 9.68 Å². The van der Waals surface area contributed by atoms with Gasteiger partial charge in [0, 0.05) is 0 Å². The average Bonchev–Trinajstić information content (AvgIpc) is 2.74. The van der Waals surface area contributed by atoms with Gasteiger partial charge in [-0.2, -0.15) is 18.4 Å². The van der Waals surface area contributed by atoms with Crippen LogP contribution in [0.4, 0.5) is 13.2 Å². The summed E-state index contributed by atoms with van der Waals surface area (Å²) >= 11 is 0.975. The van der Waals surface area contributed by atoms with Gasteiger partial charge in [-0.3, -0.25) is 0 Å². The molecule has 2 heterocycles. The van der Waals surface area contributed by atoms with Gasteiger partial charge in [0.25, 0.3) is 0 Å². The molecule has 0 saturated carbocycles. The van der Waals surface area contributed by atoms with Crippen LogP contribution in [-0.2, 0) is 6.18 Å². The maximum atomic E-state index is 12.6. The highest BCUT2D eigenvalue weighted by molar-refractivity contribution is 7.99. The lowest BCUT2D eigenvalue weighted by Crippen LogP contribution is -2.08. The first-order chi connectivity index (χ1) is 8.91. The Hall–Kier alpha value is -1.94. The number of nitrogens with zero attached hydrogens (tertiary/aromatic N) is 2. The van der Waals surface area contributed by atoms with Crippen LogP contribution in [0.2, 0.25) is 0 Å². The molecule has 2 rings (SSSR count). The van der Waals surface area contributed by atoms with Gasteiger partial charge in [0.1, 0.15) is 22.5 Å². The topological polar surface area (TPSA) is 49.8 Å². The summed E-state index contributed by atoms with van der Waals surface area (Å²) in [5.41, 5.74) is -0.922. The van der Waals surface area contributed by atoms with Crippen molar-refractivity contribution < 1.29 is 17.6 Å². The number of alkyl halides is 3. The fourth-order valence-corrected chi connectivity index (χ4v) is 2.24. The van der Waals surface area contributed by atoms with Gasteiger partial charge in [-0.25, -0.2) is 4.98 Å². The van der Waals surface area contributed by atoms with Crippen molar-refractivity contribution in [3.05, 3.63) is 41.5 Å². The lowest BCUT2D eigenvalue weighted by Gasteiger charge is -2.08. The van der Waals surface area contributed by atoms with Crippen molar-refractivity contribution in [2.45, 2.75) is 23.0 Å². The van der Waals surface area contributed by atoms with Gasteiger partial charge in [0.15, 0.2) is 0 Å². The van der Waals surface area contributed by atoms with E-state index in [1.54, 1.807) is 13.0 Å². The third-order valence-corrected chi connectivity index (χ3v) is 3.44. The number of pyridine rings is 1. The van der Waals surface area contributed by atoms with Crippen molar-refractivity contribution in [3.63, 3.8) is 0 Å². The molecule has 0 atom stereocenters. The normalized spacial score (nSPS) is 11.3. The summed E-state index contributed by atoms with van der Waals surface area (Å²) in [6, 6.07) is 5.35. The van der Waals surface area contributed by atoms with Gasteiger partial charge in [0.05, 0.1) is 16.7 Å². The second-order valence-corrected chi connectivity index (χ2v) is 4.63. The zero-order valence-corrected chi connectivity index (χ0v) is 10.5. The van der Waals surface area contributed by atoms with Gasteiger partial charge < -0.3 is 4.42 Å². The van der Waals surface area contributed by atoms with Crippen molar-refractivity contribution >= 4 is 11.8 Å². The monoisotopic (exact) mass is 284 g/mol. The average molecular weight is 284 g/mol. The summed E-state index contributed by atoms with van der Waals surface area (Å²) in [5.74, 6) is 0.563. The molecule has 19 heavy (non-hydrogen) atoms. The van der Waals surface area contributed by atoms with Crippen molar-refractivity contribution in [1.82, 2.24) is 4.98 Å². The first-order valence-corrected chi connectivity index (χ1v) is 5.94. The number of hydrogen-bond acceptors (Lipinski definition) is 4. The standard InChI is InChI=1S/C12H7F3N2OS/c1-7-9(4-5-18-7)19-11-8(6-16)2-3-10(17-11)12(13,14)15/h2-5H,1H3. The van der Waals surface area contributed by atoms with Crippen molar-refractivity contribution in [2.75, 3.05) is 0 Å². The molecule has 3 nitrogen and oxygen atoms in total. The van der Waals surface area contributed by atoms with Crippen LogP contribution in [0.15, 0.2) is 38.8 Å². The molecule has 7 heteroatoms. The maximum absolute atomic E-state index is 12.6. The first-order valence-electron chi connectivity index (χ1n) is 5.12. The molecular weight excluding hydrogens is 277 g/mol. The zero-order valence-electron chi connectivity index (χ0n) is 9.65. The van der Waals surface area contributed by atoms with Crippen LogP contribution >= 0.6 is 11.8 Å². The van der Waals surface area contributed by atoms with Gasteiger partial charge in [-0.15, -0.1) is 0 Å². The molecule has 0 fully saturated rings. The molecule has 0 aliphatic rings. The molecule has 0 N–H and O–H groups in total. The minimum Gasteiger partial charge on any atom is -0.468 e. The molecule has 98 valence electrons. The van der Waals surface area contributed by atoms with Gasteiger partial charge in [0.2, 0.25) is 0 Å². The number of nitriles is 1. The predicted octanol–water partition coefficient (Wildman–Crippen LogP) is 4.02. The summed E-state index contributed by atoms with van der Waals surface area (Å²) < 4.78 is 42.8. The van der Waals surface area contributed by atoms with Crippen molar-refractivity contribution in [1.29, 1.82) is 5.26 Å². The summed E-state index contributed by atoms with van der Waals surface area (Å²) in [5, 5.41) is 8.92. The van der Waals surface area contributed by atoms with Gasteiger partial charge >= 0.3 is 6.18 Å². The third kappa shape index (κ3) is 2.90. The Morgan fingerprint density at radius 3 is 2.58 bits per heavy atom. The van der Waals surface area contributed by atoms with E-state index >= 15 is 0 Å². The Balaban J connectivity index is 2.43. The second kappa shape index (κ2) is 4.97. The van der Waals surface area contributed by atoms with E-state index in [-0.39, 0.29) is 10.6 Å². The van der Waals surface area contributed by atoms with Gasteiger partial charge in [-0.1, -0.05) is 11.8 Å². The molecular formula is C12H7F3N2OS. The Morgan fingerprint density at radius 1 is 1.32 bits per heavy atom. The van der Waals surface area contributed by atoms with Crippen LogP contribution in [-0.4, -0.2) is 4.98 Å². The van der Waals surface area contributed by atoms with Crippen LogP contribution < -0.4 is 0 Å². The van der Waals surface area contributed by atoms with Crippen molar-refractivity contribution in [2.24, 2.45) is 0 Å². The molecule has 2 aromatic rings. The predicted molar refractivity (Wildman–Crippen MR) is 61.5 cm³/mol. The Labute approximate surface area is 111 Å². The maximum Gasteiger partial charge on any atom is 0.433 e. The van der Waals surface area contributed by atoms with Gasteiger partial charge in [-0.05, 0) is 25.1 Å². The van der Waals surface area contributed by atoms with Crippen LogP contribution in [0.25, 0.3) is 0 Å². The largest absolute Gasteiger partial charge is 0.468 e. The molecule has 0 unspecified atom stereocenters. The van der Waals surface area contributed by atoms with Crippen LogP contribution in [0.5, 0.6) is 0 Å². The van der Waals surface area contributed by atoms with Crippen LogP contribution in [0.1, 0.15) is 17.0 Å². The van der Waals surface area contributed by atoms with Crippen molar-refractivity contribution in [3.8, 4) is 6.07 Å². The third-order valence-electron chi connectivity index (χ3n) is 2.29.